The number of ether oxygens (including phenoxy) is 1. The molecule has 2 atom stereocenters. The third kappa shape index (κ3) is 2.17. The number of hydrogen-bond acceptors (Lipinski definition) is 3. The van der Waals surface area contributed by atoms with Crippen molar-refractivity contribution in [2.75, 3.05) is 13.2 Å². The summed E-state index contributed by atoms with van der Waals surface area (Å²) in [5.74, 6) is 1.01. The van der Waals surface area contributed by atoms with Crippen LogP contribution in [-0.4, -0.2) is 23.4 Å². The van der Waals surface area contributed by atoms with Crippen LogP contribution in [0.15, 0.2) is 48.5 Å². The molecule has 0 bridgehead atoms. The number of benzene rings is 2. The Bertz CT molecular complexity index is 565. The quantitative estimate of drug-likeness (QED) is 0.868. The molecule has 3 heteroatoms. The fourth-order valence-corrected chi connectivity index (χ4v) is 2.72. The van der Waals surface area contributed by atoms with Gasteiger partial charge in [-0.25, -0.2) is 0 Å². The van der Waals surface area contributed by atoms with Gasteiger partial charge in [-0.15, -0.1) is 0 Å². The SMILES string of the molecule is OCC1c2ccc(O)cc2OCC1c1ccccc1. The molecule has 3 nitrogen and oxygen atoms in total. The van der Waals surface area contributed by atoms with E-state index in [-0.39, 0.29) is 24.2 Å². The van der Waals surface area contributed by atoms with Crippen LogP contribution in [0, 0.1) is 0 Å². The summed E-state index contributed by atoms with van der Waals surface area (Å²) in [4.78, 5) is 0. The van der Waals surface area contributed by atoms with Gasteiger partial charge in [0.05, 0.1) is 13.2 Å². The van der Waals surface area contributed by atoms with Gasteiger partial charge in [-0.05, 0) is 11.6 Å². The van der Waals surface area contributed by atoms with Crippen LogP contribution in [0.1, 0.15) is 23.0 Å². The Morgan fingerprint density at radius 3 is 2.63 bits per heavy atom. The summed E-state index contributed by atoms with van der Waals surface area (Å²) in [6, 6.07) is 15.2. The second-order valence-electron chi connectivity index (χ2n) is 4.84. The molecule has 2 aromatic rings. The smallest absolute Gasteiger partial charge is 0.126 e. The van der Waals surface area contributed by atoms with Crippen molar-refractivity contribution in [3.05, 3.63) is 59.7 Å². The third-order valence-corrected chi connectivity index (χ3v) is 3.73. The van der Waals surface area contributed by atoms with Crippen molar-refractivity contribution >= 4 is 0 Å². The van der Waals surface area contributed by atoms with E-state index in [1.165, 1.54) is 5.56 Å². The number of hydrogen-bond donors (Lipinski definition) is 2. The molecule has 0 fully saturated rings. The van der Waals surface area contributed by atoms with Gasteiger partial charge in [0.2, 0.25) is 0 Å². The number of aromatic hydroxyl groups is 1. The van der Waals surface area contributed by atoms with Gasteiger partial charge in [0.25, 0.3) is 0 Å². The van der Waals surface area contributed by atoms with E-state index in [1.807, 2.05) is 24.3 Å². The van der Waals surface area contributed by atoms with Gasteiger partial charge >= 0.3 is 0 Å². The monoisotopic (exact) mass is 256 g/mol. The van der Waals surface area contributed by atoms with Crippen molar-refractivity contribution in [3.8, 4) is 11.5 Å². The van der Waals surface area contributed by atoms with Crippen molar-refractivity contribution in [2.24, 2.45) is 0 Å². The first-order chi connectivity index (χ1) is 9.29. The second-order valence-corrected chi connectivity index (χ2v) is 4.84. The molecule has 0 radical (unpaired) electrons. The Balaban J connectivity index is 2.00. The van der Waals surface area contributed by atoms with Crippen LogP contribution in [0.25, 0.3) is 0 Å². The summed E-state index contributed by atoms with van der Waals surface area (Å²) in [6.45, 7) is 0.590. The Hall–Kier alpha value is -2.00. The minimum Gasteiger partial charge on any atom is -0.508 e. The van der Waals surface area contributed by atoms with E-state index in [4.69, 9.17) is 4.74 Å². The van der Waals surface area contributed by atoms with Crippen LogP contribution in [-0.2, 0) is 0 Å². The maximum absolute atomic E-state index is 9.72. The molecule has 1 heterocycles. The molecule has 98 valence electrons. The lowest BCUT2D eigenvalue weighted by Gasteiger charge is -2.33. The summed E-state index contributed by atoms with van der Waals surface area (Å²) < 4.78 is 5.73. The van der Waals surface area contributed by atoms with Gasteiger partial charge in [-0.2, -0.15) is 0 Å². The van der Waals surface area contributed by atoms with Crippen molar-refractivity contribution in [2.45, 2.75) is 11.8 Å². The van der Waals surface area contributed by atoms with Crippen LogP contribution in [0.5, 0.6) is 11.5 Å². The molecule has 1 aliphatic heterocycles. The van der Waals surface area contributed by atoms with Gasteiger partial charge in [0.15, 0.2) is 0 Å². The highest BCUT2D eigenvalue weighted by atomic mass is 16.5. The minimum absolute atomic E-state index is 0.00625. The molecular formula is C16H16O3. The highest BCUT2D eigenvalue weighted by Crippen LogP contribution is 2.42. The molecule has 0 saturated heterocycles. The summed E-state index contributed by atoms with van der Waals surface area (Å²) in [5.41, 5.74) is 2.13. The molecule has 0 saturated carbocycles. The van der Waals surface area contributed by atoms with Crippen molar-refractivity contribution < 1.29 is 14.9 Å². The van der Waals surface area contributed by atoms with Gasteiger partial charge in [0, 0.05) is 23.5 Å². The standard InChI is InChI=1S/C16H16O3/c17-9-14-13-7-6-12(18)8-16(13)19-10-15(14)11-4-2-1-3-5-11/h1-8,14-15,17-18H,9-10H2. The maximum atomic E-state index is 9.72. The average Bonchev–Trinajstić information content (AvgIpc) is 2.46. The number of aliphatic hydroxyl groups excluding tert-OH is 1. The highest BCUT2D eigenvalue weighted by molar-refractivity contribution is 5.45. The molecule has 19 heavy (non-hydrogen) atoms. The Morgan fingerprint density at radius 1 is 1.11 bits per heavy atom. The summed E-state index contributed by atoms with van der Waals surface area (Å²) in [5, 5.41) is 19.2. The minimum atomic E-state index is 0.00625. The lowest BCUT2D eigenvalue weighted by Crippen LogP contribution is -2.26. The molecule has 2 aromatic carbocycles. The molecule has 2 N–H and O–H groups in total. The number of phenols is 1. The fraction of sp³-hybridized carbons (Fsp3) is 0.250. The topological polar surface area (TPSA) is 49.7 Å². The van der Waals surface area contributed by atoms with Crippen LogP contribution in [0.2, 0.25) is 0 Å². The molecule has 0 aliphatic carbocycles. The first kappa shape index (κ1) is 12.1. The van der Waals surface area contributed by atoms with E-state index in [0.29, 0.717) is 12.4 Å². The third-order valence-electron chi connectivity index (χ3n) is 3.73. The van der Waals surface area contributed by atoms with Gasteiger partial charge < -0.3 is 14.9 Å². The van der Waals surface area contributed by atoms with Crippen molar-refractivity contribution in [1.82, 2.24) is 0 Å². The van der Waals surface area contributed by atoms with E-state index >= 15 is 0 Å². The normalized spacial score (nSPS) is 21.5. The van der Waals surface area contributed by atoms with Crippen molar-refractivity contribution in [3.63, 3.8) is 0 Å². The number of rotatable bonds is 2. The van der Waals surface area contributed by atoms with E-state index in [1.54, 1.807) is 12.1 Å². The first-order valence-electron chi connectivity index (χ1n) is 6.41. The Morgan fingerprint density at radius 2 is 1.89 bits per heavy atom. The second kappa shape index (κ2) is 4.94. The Labute approximate surface area is 112 Å². The fourth-order valence-electron chi connectivity index (χ4n) is 2.72. The zero-order valence-corrected chi connectivity index (χ0v) is 10.5. The largest absolute Gasteiger partial charge is 0.508 e. The van der Waals surface area contributed by atoms with Crippen LogP contribution in [0.3, 0.4) is 0 Å². The molecule has 3 rings (SSSR count). The van der Waals surface area contributed by atoms with Crippen LogP contribution in [0.4, 0.5) is 0 Å². The summed E-state index contributed by atoms with van der Waals surface area (Å²) in [6.07, 6.45) is 0. The first-order valence-corrected chi connectivity index (χ1v) is 6.41. The molecule has 2 unspecified atom stereocenters. The number of fused-ring (bicyclic) bond motifs is 1. The van der Waals surface area contributed by atoms with E-state index in [9.17, 15) is 10.2 Å². The summed E-state index contributed by atoms with van der Waals surface area (Å²) in [7, 11) is 0. The number of phenolic OH excluding ortho intramolecular Hbond substituents is 1. The maximum Gasteiger partial charge on any atom is 0.126 e. The molecule has 0 amide bonds. The zero-order chi connectivity index (χ0) is 13.2. The van der Waals surface area contributed by atoms with Crippen LogP contribution >= 0.6 is 0 Å². The predicted molar refractivity (Wildman–Crippen MR) is 72.6 cm³/mol. The van der Waals surface area contributed by atoms with Gasteiger partial charge in [-0.1, -0.05) is 36.4 Å². The van der Waals surface area contributed by atoms with E-state index in [2.05, 4.69) is 12.1 Å². The molecular weight excluding hydrogens is 240 g/mol. The highest BCUT2D eigenvalue weighted by Gasteiger charge is 2.31. The molecule has 0 spiro atoms. The molecule has 0 aromatic heterocycles. The van der Waals surface area contributed by atoms with Crippen molar-refractivity contribution in [1.29, 1.82) is 0 Å². The van der Waals surface area contributed by atoms with E-state index in [0.717, 1.165) is 5.56 Å². The van der Waals surface area contributed by atoms with E-state index < -0.39 is 0 Å². The predicted octanol–water partition coefficient (Wildman–Crippen LogP) is 2.64. The van der Waals surface area contributed by atoms with Gasteiger partial charge in [0.1, 0.15) is 11.5 Å². The summed E-state index contributed by atoms with van der Waals surface area (Å²) >= 11 is 0. The van der Waals surface area contributed by atoms with Crippen LogP contribution < -0.4 is 4.74 Å². The lowest BCUT2D eigenvalue weighted by atomic mass is 9.80. The number of aliphatic hydroxyl groups is 1. The zero-order valence-electron chi connectivity index (χ0n) is 10.5. The van der Waals surface area contributed by atoms with Gasteiger partial charge in [-0.3, -0.25) is 0 Å². The average molecular weight is 256 g/mol. The lowest BCUT2D eigenvalue weighted by molar-refractivity contribution is 0.181. The molecule has 1 aliphatic rings. The Kier molecular flexibility index (Phi) is 3.13.